The van der Waals surface area contributed by atoms with Crippen molar-refractivity contribution in [1.82, 2.24) is 14.7 Å². The lowest BCUT2D eigenvalue weighted by Crippen LogP contribution is -2.50. The fourth-order valence-corrected chi connectivity index (χ4v) is 4.83. The topological polar surface area (TPSA) is 94.6 Å². The number of aliphatic hydroxyl groups is 1. The summed E-state index contributed by atoms with van der Waals surface area (Å²) < 4.78 is 12.2. The van der Waals surface area contributed by atoms with Crippen molar-refractivity contribution in [3.63, 3.8) is 0 Å². The van der Waals surface area contributed by atoms with Gasteiger partial charge in [0.15, 0.2) is 0 Å². The number of aliphatic hydroxyl groups excluding tert-OH is 1. The summed E-state index contributed by atoms with van der Waals surface area (Å²) in [4.78, 5) is 31.0. The highest BCUT2D eigenvalue weighted by atomic mass is 16.6. The van der Waals surface area contributed by atoms with Crippen molar-refractivity contribution in [2.75, 3.05) is 65.8 Å². The third-order valence-electron chi connectivity index (χ3n) is 6.50. The van der Waals surface area contributed by atoms with Crippen LogP contribution in [-0.4, -0.2) is 110 Å². The first kappa shape index (κ1) is 23.0. The van der Waals surface area contributed by atoms with Gasteiger partial charge in [0.25, 0.3) is 0 Å². The average Bonchev–Trinajstić information content (AvgIpc) is 3.11. The van der Waals surface area contributed by atoms with E-state index in [-0.39, 0.29) is 36.5 Å². The molecule has 176 valence electrons. The van der Waals surface area contributed by atoms with Crippen LogP contribution < -0.4 is 10.1 Å². The fourth-order valence-electron chi connectivity index (χ4n) is 4.83. The molecule has 0 saturated carbocycles. The number of ether oxygens (including phenoxy) is 2. The van der Waals surface area contributed by atoms with Crippen LogP contribution in [0.2, 0.25) is 0 Å². The molecule has 3 aliphatic heterocycles. The molecule has 2 fully saturated rings. The Morgan fingerprint density at radius 1 is 1.22 bits per heavy atom. The molecule has 9 heteroatoms. The van der Waals surface area contributed by atoms with Crippen molar-refractivity contribution in [2.45, 2.75) is 37.1 Å². The summed E-state index contributed by atoms with van der Waals surface area (Å²) in [6.45, 7) is 3.37. The van der Waals surface area contributed by atoms with Gasteiger partial charge in [0.05, 0.1) is 25.7 Å². The van der Waals surface area contributed by atoms with Gasteiger partial charge in [-0.2, -0.15) is 0 Å². The number of piperazine rings is 1. The quantitative estimate of drug-likeness (QED) is 0.651. The van der Waals surface area contributed by atoms with E-state index in [2.05, 4.69) is 17.3 Å². The first-order valence-electron chi connectivity index (χ1n) is 11.3. The second kappa shape index (κ2) is 9.74. The minimum absolute atomic E-state index is 0.00638. The van der Waals surface area contributed by atoms with Crippen LogP contribution in [0.4, 0.5) is 5.69 Å². The SMILES string of the molecule is CN(C)CC(=O)Nc1ccc2c(c1)[C@@H]1C[C@@H](CC(=O)N3CCN(C)CC3)O[C@@H](CO)[C@@H]1O2. The van der Waals surface area contributed by atoms with E-state index in [1.165, 1.54) is 0 Å². The number of carbonyl (C=O) groups is 2. The van der Waals surface area contributed by atoms with Crippen molar-refractivity contribution in [3.05, 3.63) is 23.8 Å². The number of benzene rings is 1. The molecular weight excluding hydrogens is 412 g/mol. The van der Waals surface area contributed by atoms with Crippen molar-refractivity contribution >= 4 is 17.5 Å². The monoisotopic (exact) mass is 446 g/mol. The highest BCUT2D eigenvalue weighted by molar-refractivity contribution is 5.92. The van der Waals surface area contributed by atoms with Gasteiger partial charge < -0.3 is 34.6 Å². The van der Waals surface area contributed by atoms with E-state index in [4.69, 9.17) is 9.47 Å². The zero-order chi connectivity index (χ0) is 22.8. The number of carbonyl (C=O) groups excluding carboxylic acids is 2. The number of amides is 2. The highest BCUT2D eigenvalue weighted by Crippen LogP contribution is 2.47. The van der Waals surface area contributed by atoms with Gasteiger partial charge in [0, 0.05) is 43.3 Å². The molecule has 0 unspecified atom stereocenters. The van der Waals surface area contributed by atoms with E-state index in [0.29, 0.717) is 19.4 Å². The molecule has 9 nitrogen and oxygen atoms in total. The molecular formula is C23H34N4O5. The number of anilines is 1. The van der Waals surface area contributed by atoms with E-state index >= 15 is 0 Å². The number of nitrogens with one attached hydrogen (secondary N) is 1. The lowest BCUT2D eigenvalue weighted by atomic mass is 9.84. The van der Waals surface area contributed by atoms with E-state index in [0.717, 1.165) is 43.2 Å². The van der Waals surface area contributed by atoms with Crippen LogP contribution in [0, 0.1) is 0 Å². The van der Waals surface area contributed by atoms with Gasteiger partial charge in [-0.05, 0) is 45.8 Å². The summed E-state index contributed by atoms with van der Waals surface area (Å²) in [5.41, 5.74) is 1.72. The van der Waals surface area contributed by atoms with Crippen LogP contribution in [0.25, 0.3) is 0 Å². The molecule has 0 radical (unpaired) electrons. The van der Waals surface area contributed by atoms with Gasteiger partial charge in [0.1, 0.15) is 18.0 Å². The number of rotatable bonds is 6. The first-order chi connectivity index (χ1) is 15.3. The maximum absolute atomic E-state index is 12.9. The Balaban J connectivity index is 1.45. The molecule has 3 aliphatic rings. The number of nitrogens with zero attached hydrogens (tertiary/aromatic N) is 3. The van der Waals surface area contributed by atoms with Gasteiger partial charge in [-0.25, -0.2) is 0 Å². The van der Waals surface area contributed by atoms with Gasteiger partial charge in [-0.3, -0.25) is 9.59 Å². The first-order valence-corrected chi connectivity index (χ1v) is 11.3. The second-order valence-electron chi connectivity index (χ2n) is 9.33. The number of hydrogen-bond donors (Lipinski definition) is 2. The lowest BCUT2D eigenvalue weighted by molar-refractivity contribution is -0.150. The van der Waals surface area contributed by atoms with Crippen LogP contribution in [0.5, 0.6) is 5.75 Å². The Bertz CT molecular complexity index is 840. The Kier molecular flexibility index (Phi) is 6.99. The molecule has 4 rings (SSSR count). The summed E-state index contributed by atoms with van der Waals surface area (Å²) in [7, 11) is 5.76. The van der Waals surface area contributed by atoms with Crippen LogP contribution >= 0.6 is 0 Å². The fraction of sp³-hybridized carbons (Fsp3) is 0.652. The highest BCUT2D eigenvalue weighted by Gasteiger charge is 2.46. The van der Waals surface area contributed by atoms with Gasteiger partial charge in [-0.1, -0.05) is 0 Å². The number of fused-ring (bicyclic) bond motifs is 3. The maximum atomic E-state index is 12.9. The third-order valence-corrected chi connectivity index (χ3v) is 6.50. The van der Waals surface area contributed by atoms with E-state index in [9.17, 15) is 14.7 Å². The molecule has 0 spiro atoms. The molecule has 1 aromatic carbocycles. The van der Waals surface area contributed by atoms with Crippen LogP contribution in [0.15, 0.2) is 18.2 Å². The Labute approximate surface area is 189 Å². The average molecular weight is 447 g/mol. The summed E-state index contributed by atoms with van der Waals surface area (Å²) >= 11 is 0. The Morgan fingerprint density at radius 3 is 2.66 bits per heavy atom. The maximum Gasteiger partial charge on any atom is 0.238 e. The smallest absolute Gasteiger partial charge is 0.238 e. The molecule has 3 heterocycles. The predicted molar refractivity (Wildman–Crippen MR) is 120 cm³/mol. The summed E-state index contributed by atoms with van der Waals surface area (Å²) in [5.74, 6) is 0.772. The van der Waals surface area contributed by atoms with Crippen molar-refractivity contribution in [3.8, 4) is 5.75 Å². The van der Waals surface area contributed by atoms with Gasteiger partial charge >= 0.3 is 0 Å². The standard InChI is InChI=1S/C23H34N4O5/c1-25(2)13-21(29)24-15-4-5-19-17(10-15)18-11-16(31-20(14-28)23(18)32-19)12-22(30)27-8-6-26(3)7-9-27/h4-5,10,16,18,20,23,28H,6-9,11-14H2,1-3H3,(H,24,29)/t16-,18-,20-,23+/m0/s1. The van der Waals surface area contributed by atoms with Crippen molar-refractivity contribution < 1.29 is 24.2 Å². The van der Waals surface area contributed by atoms with Crippen LogP contribution in [0.3, 0.4) is 0 Å². The number of likely N-dealkylation sites (N-methyl/N-ethyl adjacent to an activating group) is 2. The molecule has 0 aliphatic carbocycles. The van der Waals surface area contributed by atoms with Gasteiger partial charge in [0.2, 0.25) is 11.8 Å². The molecule has 2 saturated heterocycles. The largest absolute Gasteiger partial charge is 0.487 e. The lowest BCUT2D eigenvalue weighted by Gasteiger charge is -2.38. The molecule has 2 amide bonds. The zero-order valence-corrected chi connectivity index (χ0v) is 19.1. The third kappa shape index (κ3) is 5.06. The summed E-state index contributed by atoms with van der Waals surface area (Å²) in [5, 5.41) is 12.9. The normalized spacial score (nSPS) is 27.6. The van der Waals surface area contributed by atoms with Crippen molar-refractivity contribution in [2.24, 2.45) is 0 Å². The van der Waals surface area contributed by atoms with E-state index in [1.807, 2.05) is 42.1 Å². The van der Waals surface area contributed by atoms with E-state index < -0.39 is 6.10 Å². The van der Waals surface area contributed by atoms with Gasteiger partial charge in [-0.15, -0.1) is 0 Å². The van der Waals surface area contributed by atoms with Crippen LogP contribution in [0.1, 0.15) is 24.3 Å². The molecule has 32 heavy (non-hydrogen) atoms. The minimum atomic E-state index is -0.488. The molecule has 0 bridgehead atoms. The van der Waals surface area contributed by atoms with E-state index in [1.54, 1.807) is 0 Å². The number of hydrogen-bond acceptors (Lipinski definition) is 7. The Hall–Kier alpha value is -2.20. The Morgan fingerprint density at radius 2 is 1.97 bits per heavy atom. The molecule has 1 aromatic rings. The summed E-state index contributed by atoms with van der Waals surface area (Å²) in [6.07, 6.45) is -0.112. The van der Waals surface area contributed by atoms with Crippen molar-refractivity contribution in [1.29, 1.82) is 0 Å². The second-order valence-corrected chi connectivity index (χ2v) is 9.33. The minimum Gasteiger partial charge on any atom is -0.487 e. The summed E-state index contributed by atoms with van der Waals surface area (Å²) in [6, 6.07) is 5.64. The predicted octanol–water partition coefficient (Wildman–Crippen LogP) is 0.345. The molecule has 2 N–H and O–H groups in total. The molecule has 0 aromatic heterocycles. The zero-order valence-electron chi connectivity index (χ0n) is 19.1. The molecule has 4 atom stereocenters. The van der Waals surface area contributed by atoms with Crippen LogP contribution in [-0.2, 0) is 14.3 Å².